The molecule has 1 atom stereocenters. The maximum absolute atomic E-state index is 10.8. The standard InChI is InChI=1S/C5H14N2O/c1-4-5(6)7(2,3)8/h5H,4,6H2,1-3H3. The lowest BCUT2D eigenvalue weighted by Gasteiger charge is -2.38. The molecule has 3 nitrogen and oxygen atoms in total. The Morgan fingerprint density at radius 2 is 2.00 bits per heavy atom. The van der Waals surface area contributed by atoms with Crippen molar-refractivity contribution in [2.45, 2.75) is 19.5 Å². The van der Waals surface area contributed by atoms with E-state index in [1.807, 2.05) is 6.92 Å². The second-order valence-electron chi connectivity index (χ2n) is 2.41. The first kappa shape index (κ1) is 7.88. The van der Waals surface area contributed by atoms with Gasteiger partial charge in [-0.1, -0.05) is 6.92 Å². The van der Waals surface area contributed by atoms with Crippen LogP contribution in [0.2, 0.25) is 0 Å². The highest BCUT2D eigenvalue weighted by Crippen LogP contribution is 2.00. The molecule has 0 aliphatic heterocycles. The Balaban J connectivity index is 3.62. The molecule has 3 heteroatoms. The second-order valence-corrected chi connectivity index (χ2v) is 2.41. The minimum absolute atomic E-state index is 0.269. The molecule has 1 unspecified atom stereocenters. The molecule has 0 radical (unpaired) electrons. The Bertz CT molecular complexity index is 67.3. The molecule has 0 fully saturated rings. The van der Waals surface area contributed by atoms with Crippen LogP contribution in [0.25, 0.3) is 0 Å². The van der Waals surface area contributed by atoms with Crippen LogP contribution in [0.15, 0.2) is 0 Å². The summed E-state index contributed by atoms with van der Waals surface area (Å²) in [6.45, 7) is 1.91. The minimum Gasteiger partial charge on any atom is -0.632 e. The average molecular weight is 118 g/mol. The first-order valence-corrected chi connectivity index (χ1v) is 2.78. The van der Waals surface area contributed by atoms with Crippen molar-refractivity contribution in [2.75, 3.05) is 14.1 Å². The molecule has 0 amide bonds. The third-order valence-corrected chi connectivity index (χ3v) is 1.22. The summed E-state index contributed by atoms with van der Waals surface area (Å²) in [5.74, 6) is 0. The number of nitrogens with two attached hydrogens (primary N) is 1. The van der Waals surface area contributed by atoms with Gasteiger partial charge in [0.25, 0.3) is 0 Å². The van der Waals surface area contributed by atoms with Gasteiger partial charge in [0.1, 0.15) is 6.17 Å². The highest BCUT2D eigenvalue weighted by Gasteiger charge is 2.10. The van der Waals surface area contributed by atoms with Gasteiger partial charge in [0.15, 0.2) is 0 Å². The molecule has 0 heterocycles. The summed E-state index contributed by atoms with van der Waals surface area (Å²) in [6.07, 6.45) is 0.464. The predicted octanol–water partition coefficient (Wildman–Crippen LogP) is 0.255. The highest BCUT2D eigenvalue weighted by molar-refractivity contribution is 4.42. The molecule has 0 spiro atoms. The van der Waals surface area contributed by atoms with E-state index in [4.69, 9.17) is 5.73 Å². The van der Waals surface area contributed by atoms with E-state index in [9.17, 15) is 5.21 Å². The Morgan fingerprint density at radius 3 is 2.00 bits per heavy atom. The lowest BCUT2D eigenvalue weighted by atomic mass is 10.4. The number of nitrogens with zero attached hydrogens (tertiary/aromatic N) is 1. The van der Waals surface area contributed by atoms with Crippen LogP contribution < -0.4 is 5.73 Å². The summed E-state index contributed by atoms with van der Waals surface area (Å²) >= 11 is 0. The third kappa shape index (κ3) is 2.26. The van der Waals surface area contributed by atoms with Gasteiger partial charge in [0.2, 0.25) is 0 Å². The van der Waals surface area contributed by atoms with Gasteiger partial charge in [-0.3, -0.25) is 5.73 Å². The first-order valence-electron chi connectivity index (χ1n) is 2.78. The monoisotopic (exact) mass is 118 g/mol. The Kier molecular flexibility index (Phi) is 2.40. The zero-order chi connectivity index (χ0) is 6.78. The van der Waals surface area contributed by atoms with Crippen molar-refractivity contribution in [2.24, 2.45) is 5.73 Å². The molecule has 0 aliphatic carbocycles. The van der Waals surface area contributed by atoms with E-state index < -0.39 is 4.65 Å². The fourth-order valence-corrected chi connectivity index (χ4v) is 0.440. The topological polar surface area (TPSA) is 49.1 Å². The van der Waals surface area contributed by atoms with E-state index in [0.29, 0.717) is 0 Å². The molecule has 0 saturated carbocycles. The number of hydrogen-bond donors (Lipinski definition) is 1. The van der Waals surface area contributed by atoms with Crippen LogP contribution >= 0.6 is 0 Å². The highest BCUT2D eigenvalue weighted by atomic mass is 16.5. The van der Waals surface area contributed by atoms with Gasteiger partial charge in [-0.05, 0) is 0 Å². The number of hydrogen-bond acceptors (Lipinski definition) is 2. The maximum Gasteiger partial charge on any atom is 0.139 e. The molecule has 0 aromatic carbocycles. The first-order chi connectivity index (χ1) is 3.48. The van der Waals surface area contributed by atoms with Crippen molar-refractivity contribution in [3.63, 3.8) is 0 Å². The lowest BCUT2D eigenvalue weighted by molar-refractivity contribution is -0.866. The second kappa shape index (κ2) is 2.44. The Morgan fingerprint density at radius 1 is 1.62 bits per heavy atom. The fraction of sp³-hybridized carbons (Fsp3) is 1.00. The third-order valence-electron chi connectivity index (χ3n) is 1.22. The fourth-order valence-electron chi connectivity index (χ4n) is 0.440. The van der Waals surface area contributed by atoms with Gasteiger partial charge in [-0.25, -0.2) is 0 Å². The van der Waals surface area contributed by atoms with Gasteiger partial charge >= 0.3 is 0 Å². The summed E-state index contributed by atoms with van der Waals surface area (Å²) in [4.78, 5) is 0. The molecular formula is C5H14N2O. The molecule has 0 saturated heterocycles. The van der Waals surface area contributed by atoms with Crippen LogP contribution in [0.1, 0.15) is 13.3 Å². The molecular weight excluding hydrogens is 104 g/mol. The number of hydroxylamine groups is 3. The molecule has 0 aromatic heterocycles. The van der Waals surface area contributed by atoms with Crippen LogP contribution in [-0.2, 0) is 0 Å². The average Bonchev–Trinajstić information content (AvgIpc) is 1.62. The molecule has 50 valence electrons. The van der Waals surface area contributed by atoms with Crippen LogP contribution in [0.3, 0.4) is 0 Å². The van der Waals surface area contributed by atoms with Crippen LogP contribution in [-0.4, -0.2) is 24.9 Å². The van der Waals surface area contributed by atoms with E-state index in [0.717, 1.165) is 6.42 Å². The van der Waals surface area contributed by atoms with Gasteiger partial charge < -0.3 is 9.85 Å². The van der Waals surface area contributed by atoms with Crippen molar-refractivity contribution in [1.29, 1.82) is 0 Å². The predicted molar refractivity (Wildman–Crippen MR) is 33.7 cm³/mol. The van der Waals surface area contributed by atoms with Crippen molar-refractivity contribution >= 4 is 0 Å². The van der Waals surface area contributed by atoms with Crippen LogP contribution in [0.4, 0.5) is 0 Å². The van der Waals surface area contributed by atoms with Gasteiger partial charge in [0.05, 0.1) is 14.1 Å². The van der Waals surface area contributed by atoms with E-state index in [2.05, 4.69) is 0 Å². The summed E-state index contributed by atoms with van der Waals surface area (Å²) in [5, 5.41) is 10.8. The summed E-state index contributed by atoms with van der Waals surface area (Å²) in [5.41, 5.74) is 5.41. The summed E-state index contributed by atoms with van der Waals surface area (Å²) in [6, 6.07) is 0. The summed E-state index contributed by atoms with van der Waals surface area (Å²) < 4.78 is -0.392. The minimum atomic E-state index is -0.392. The van der Waals surface area contributed by atoms with E-state index in [-0.39, 0.29) is 6.17 Å². The van der Waals surface area contributed by atoms with Crippen LogP contribution in [0.5, 0.6) is 0 Å². The molecule has 2 N–H and O–H groups in total. The Hall–Kier alpha value is -0.120. The van der Waals surface area contributed by atoms with Crippen molar-refractivity contribution < 1.29 is 4.65 Å². The van der Waals surface area contributed by atoms with Gasteiger partial charge in [-0.15, -0.1) is 0 Å². The zero-order valence-corrected chi connectivity index (χ0v) is 5.72. The quantitative estimate of drug-likeness (QED) is 0.321. The largest absolute Gasteiger partial charge is 0.632 e. The molecule has 0 aromatic rings. The smallest absolute Gasteiger partial charge is 0.139 e. The lowest BCUT2D eigenvalue weighted by Crippen LogP contribution is -2.48. The van der Waals surface area contributed by atoms with Crippen LogP contribution in [0, 0.1) is 5.21 Å². The Labute approximate surface area is 50.3 Å². The number of quaternary nitrogens is 1. The van der Waals surface area contributed by atoms with E-state index >= 15 is 0 Å². The molecule has 0 aliphatic rings. The maximum atomic E-state index is 10.8. The number of rotatable bonds is 2. The van der Waals surface area contributed by atoms with Crippen molar-refractivity contribution in [3.05, 3.63) is 5.21 Å². The van der Waals surface area contributed by atoms with Gasteiger partial charge in [0, 0.05) is 6.42 Å². The molecule has 0 bridgehead atoms. The van der Waals surface area contributed by atoms with E-state index in [1.165, 1.54) is 0 Å². The molecule has 0 rings (SSSR count). The summed E-state index contributed by atoms with van der Waals surface area (Å²) in [7, 11) is 3.10. The zero-order valence-electron chi connectivity index (χ0n) is 5.72. The normalized spacial score (nSPS) is 16.1. The SMILES string of the molecule is CCC(N)[N+](C)(C)[O-]. The van der Waals surface area contributed by atoms with Crippen molar-refractivity contribution in [1.82, 2.24) is 0 Å². The van der Waals surface area contributed by atoms with E-state index in [1.54, 1.807) is 14.1 Å². The van der Waals surface area contributed by atoms with Gasteiger partial charge in [-0.2, -0.15) is 0 Å². The molecule has 8 heavy (non-hydrogen) atoms. The van der Waals surface area contributed by atoms with Crippen molar-refractivity contribution in [3.8, 4) is 0 Å².